The Labute approximate surface area is 159 Å². The van der Waals surface area contributed by atoms with Crippen LogP contribution in [0.5, 0.6) is 0 Å². The molecule has 0 spiro atoms. The molecule has 3 nitrogen and oxygen atoms in total. The number of hydrogen-bond acceptors (Lipinski definition) is 3. The predicted molar refractivity (Wildman–Crippen MR) is 106 cm³/mol. The average Bonchev–Trinajstić information content (AvgIpc) is 2.72. The number of benzene rings is 3. The molecule has 1 atom stereocenters. The zero-order valence-electron chi connectivity index (χ0n) is 15.5. The van der Waals surface area contributed by atoms with Gasteiger partial charge in [-0.05, 0) is 25.0 Å². The first-order valence-electron chi connectivity index (χ1n) is 8.90. The standard InChI is InChI=1S/C24H22O3/c1-18-13-15-21(16-14-18)24(2,22(25)20-11-7-4-8-12-20)23(26)27-17-19-9-5-3-6-10-19/h3-16H,17H2,1-2H3. The van der Waals surface area contributed by atoms with E-state index in [9.17, 15) is 9.59 Å². The molecule has 0 fully saturated rings. The van der Waals surface area contributed by atoms with Crippen LogP contribution in [-0.4, -0.2) is 11.8 Å². The third-order valence-electron chi connectivity index (χ3n) is 4.74. The second kappa shape index (κ2) is 8.00. The summed E-state index contributed by atoms with van der Waals surface area (Å²) < 4.78 is 5.56. The topological polar surface area (TPSA) is 43.4 Å². The number of ketones is 1. The van der Waals surface area contributed by atoms with Gasteiger partial charge >= 0.3 is 5.97 Å². The first kappa shape index (κ1) is 18.6. The molecule has 0 saturated carbocycles. The van der Waals surface area contributed by atoms with Crippen molar-refractivity contribution in [3.63, 3.8) is 0 Å². The molecule has 3 aromatic rings. The van der Waals surface area contributed by atoms with Crippen molar-refractivity contribution in [1.82, 2.24) is 0 Å². The van der Waals surface area contributed by atoms with Gasteiger partial charge in [0.25, 0.3) is 0 Å². The van der Waals surface area contributed by atoms with Gasteiger partial charge in [0, 0.05) is 5.56 Å². The molecular formula is C24H22O3. The summed E-state index contributed by atoms with van der Waals surface area (Å²) in [6.07, 6.45) is 0. The van der Waals surface area contributed by atoms with Crippen molar-refractivity contribution in [3.05, 3.63) is 107 Å². The van der Waals surface area contributed by atoms with E-state index < -0.39 is 11.4 Å². The highest BCUT2D eigenvalue weighted by atomic mass is 16.5. The smallest absolute Gasteiger partial charge is 0.324 e. The van der Waals surface area contributed by atoms with Crippen LogP contribution in [0.1, 0.15) is 34.0 Å². The monoisotopic (exact) mass is 358 g/mol. The van der Waals surface area contributed by atoms with Crippen LogP contribution in [0.3, 0.4) is 0 Å². The van der Waals surface area contributed by atoms with Crippen LogP contribution >= 0.6 is 0 Å². The van der Waals surface area contributed by atoms with Gasteiger partial charge in [-0.1, -0.05) is 90.5 Å². The zero-order chi connectivity index (χ0) is 19.3. The molecule has 0 bridgehead atoms. The molecule has 0 radical (unpaired) electrons. The van der Waals surface area contributed by atoms with Crippen LogP contribution in [0.25, 0.3) is 0 Å². The maximum Gasteiger partial charge on any atom is 0.324 e. The molecule has 0 N–H and O–H groups in total. The van der Waals surface area contributed by atoms with Gasteiger partial charge in [-0.15, -0.1) is 0 Å². The number of ether oxygens (including phenoxy) is 1. The van der Waals surface area contributed by atoms with Crippen LogP contribution in [0.2, 0.25) is 0 Å². The van der Waals surface area contributed by atoms with Gasteiger partial charge in [0.05, 0.1) is 0 Å². The van der Waals surface area contributed by atoms with E-state index in [4.69, 9.17) is 4.74 Å². The number of carbonyl (C=O) groups is 2. The average molecular weight is 358 g/mol. The van der Waals surface area contributed by atoms with Gasteiger partial charge in [0.1, 0.15) is 6.61 Å². The first-order valence-corrected chi connectivity index (χ1v) is 8.90. The van der Waals surface area contributed by atoms with Gasteiger partial charge in [0.15, 0.2) is 11.2 Å². The molecule has 0 aliphatic rings. The van der Waals surface area contributed by atoms with Crippen molar-refractivity contribution in [2.24, 2.45) is 0 Å². The molecule has 0 aromatic heterocycles. The van der Waals surface area contributed by atoms with Crippen molar-refractivity contribution in [3.8, 4) is 0 Å². The summed E-state index contributed by atoms with van der Waals surface area (Å²) in [4.78, 5) is 26.4. The highest BCUT2D eigenvalue weighted by Crippen LogP contribution is 2.30. The largest absolute Gasteiger partial charge is 0.460 e. The van der Waals surface area contributed by atoms with Crippen molar-refractivity contribution in [2.75, 3.05) is 0 Å². The SMILES string of the molecule is Cc1ccc(C(C)(C(=O)OCc2ccccc2)C(=O)c2ccccc2)cc1. The molecule has 0 amide bonds. The molecule has 0 aliphatic heterocycles. The molecule has 3 heteroatoms. The minimum Gasteiger partial charge on any atom is -0.460 e. The summed E-state index contributed by atoms with van der Waals surface area (Å²) in [6, 6.07) is 25.7. The lowest BCUT2D eigenvalue weighted by Gasteiger charge is -2.27. The minimum absolute atomic E-state index is 0.128. The highest BCUT2D eigenvalue weighted by Gasteiger charge is 2.44. The molecule has 0 heterocycles. The lowest BCUT2D eigenvalue weighted by Crippen LogP contribution is -2.42. The molecular weight excluding hydrogens is 336 g/mol. The van der Waals surface area contributed by atoms with Crippen LogP contribution in [0.4, 0.5) is 0 Å². The number of aryl methyl sites for hydroxylation is 1. The van der Waals surface area contributed by atoms with E-state index in [2.05, 4.69) is 0 Å². The van der Waals surface area contributed by atoms with Crippen LogP contribution in [-0.2, 0) is 21.6 Å². The number of rotatable bonds is 6. The zero-order valence-corrected chi connectivity index (χ0v) is 15.5. The second-order valence-electron chi connectivity index (χ2n) is 6.75. The summed E-state index contributed by atoms with van der Waals surface area (Å²) in [5.74, 6) is -0.825. The maximum atomic E-state index is 13.3. The van der Waals surface area contributed by atoms with Crippen LogP contribution in [0, 0.1) is 6.92 Å². The van der Waals surface area contributed by atoms with E-state index >= 15 is 0 Å². The maximum absolute atomic E-state index is 13.3. The van der Waals surface area contributed by atoms with E-state index in [0.29, 0.717) is 11.1 Å². The Balaban J connectivity index is 1.95. The van der Waals surface area contributed by atoms with Gasteiger partial charge < -0.3 is 4.74 Å². The molecule has 1 unspecified atom stereocenters. The molecule has 0 aliphatic carbocycles. The fourth-order valence-corrected chi connectivity index (χ4v) is 2.97. The van der Waals surface area contributed by atoms with E-state index in [1.165, 1.54) is 0 Å². The van der Waals surface area contributed by atoms with Crippen molar-refractivity contribution in [1.29, 1.82) is 0 Å². The van der Waals surface area contributed by atoms with Gasteiger partial charge in [-0.3, -0.25) is 9.59 Å². The van der Waals surface area contributed by atoms with E-state index in [1.807, 2.05) is 67.6 Å². The summed E-state index contributed by atoms with van der Waals surface area (Å²) in [7, 11) is 0. The van der Waals surface area contributed by atoms with E-state index in [0.717, 1.165) is 11.1 Å². The summed E-state index contributed by atoms with van der Waals surface area (Å²) in [6.45, 7) is 3.73. The number of esters is 1. The third kappa shape index (κ3) is 3.98. The van der Waals surface area contributed by atoms with E-state index in [-0.39, 0.29) is 12.4 Å². The Hall–Kier alpha value is -3.20. The molecule has 3 rings (SSSR count). The van der Waals surface area contributed by atoms with Gasteiger partial charge in [-0.25, -0.2) is 0 Å². The summed E-state index contributed by atoms with van der Waals surface area (Å²) in [5.41, 5.74) is 1.64. The number of hydrogen-bond donors (Lipinski definition) is 0. The lowest BCUT2D eigenvalue weighted by atomic mass is 9.76. The molecule has 3 aromatic carbocycles. The lowest BCUT2D eigenvalue weighted by molar-refractivity contribution is -0.149. The Bertz CT molecular complexity index is 915. The first-order chi connectivity index (χ1) is 13.0. The number of carbonyl (C=O) groups excluding carboxylic acids is 2. The highest BCUT2D eigenvalue weighted by molar-refractivity contribution is 6.16. The second-order valence-corrected chi connectivity index (χ2v) is 6.75. The molecule has 27 heavy (non-hydrogen) atoms. The predicted octanol–water partition coefficient (Wildman–Crippen LogP) is 4.88. The summed E-state index contributed by atoms with van der Waals surface area (Å²) >= 11 is 0. The third-order valence-corrected chi connectivity index (χ3v) is 4.74. The normalized spacial score (nSPS) is 12.8. The fraction of sp³-hybridized carbons (Fsp3) is 0.167. The quantitative estimate of drug-likeness (QED) is 0.358. The fourth-order valence-electron chi connectivity index (χ4n) is 2.97. The Morgan fingerprint density at radius 3 is 1.96 bits per heavy atom. The van der Waals surface area contributed by atoms with Gasteiger partial charge in [0.2, 0.25) is 0 Å². The Morgan fingerprint density at radius 1 is 0.815 bits per heavy atom. The van der Waals surface area contributed by atoms with E-state index in [1.54, 1.807) is 31.2 Å². The molecule has 0 saturated heterocycles. The number of Topliss-reactive ketones (excluding diaryl/α,β-unsaturated/α-hetero) is 1. The van der Waals surface area contributed by atoms with Gasteiger partial charge in [-0.2, -0.15) is 0 Å². The van der Waals surface area contributed by atoms with Crippen molar-refractivity contribution in [2.45, 2.75) is 25.9 Å². The Kier molecular flexibility index (Phi) is 5.51. The van der Waals surface area contributed by atoms with Crippen molar-refractivity contribution < 1.29 is 14.3 Å². The van der Waals surface area contributed by atoms with Crippen LogP contribution in [0.15, 0.2) is 84.9 Å². The van der Waals surface area contributed by atoms with Crippen LogP contribution < -0.4 is 0 Å². The Morgan fingerprint density at radius 2 is 1.37 bits per heavy atom. The van der Waals surface area contributed by atoms with Crippen molar-refractivity contribution >= 4 is 11.8 Å². The summed E-state index contributed by atoms with van der Waals surface area (Å²) in [5, 5.41) is 0. The minimum atomic E-state index is -1.41. The molecule has 136 valence electrons.